The van der Waals surface area contributed by atoms with Crippen LogP contribution < -0.4 is 10.2 Å². The van der Waals surface area contributed by atoms with Crippen LogP contribution in [0.15, 0.2) is 18.2 Å². The number of hydrogen-bond donors (Lipinski definition) is 0. The van der Waals surface area contributed by atoms with E-state index in [9.17, 15) is 10.2 Å². The Morgan fingerprint density at radius 2 is 1.82 bits per heavy atom. The first-order valence-corrected chi connectivity index (χ1v) is 13.3. The van der Waals surface area contributed by atoms with Crippen molar-refractivity contribution in [2.75, 3.05) is 19.0 Å². The Balaban J connectivity index is 0.000000393. The largest absolute Gasteiger partial charge is 0.872 e. The summed E-state index contributed by atoms with van der Waals surface area (Å²) in [6, 6.07) is 5.59. The van der Waals surface area contributed by atoms with Gasteiger partial charge in [0.1, 0.15) is 0 Å². The van der Waals surface area contributed by atoms with Crippen molar-refractivity contribution in [2.45, 2.75) is 73.9 Å². The van der Waals surface area contributed by atoms with Gasteiger partial charge in [0, 0.05) is 33.6 Å². The van der Waals surface area contributed by atoms with Gasteiger partial charge in [-0.1, -0.05) is 31.5 Å². The van der Waals surface area contributed by atoms with E-state index in [1.807, 2.05) is 6.07 Å². The smallest absolute Gasteiger partial charge is 0.0260 e. The summed E-state index contributed by atoms with van der Waals surface area (Å²) in [5.41, 5.74) is 1.29. The van der Waals surface area contributed by atoms with Gasteiger partial charge in [0.25, 0.3) is 0 Å². The van der Waals surface area contributed by atoms with E-state index in [0.717, 1.165) is 32.1 Å². The summed E-state index contributed by atoms with van der Waals surface area (Å²) in [4.78, 5) is 0. The van der Waals surface area contributed by atoms with Gasteiger partial charge in [-0.05, 0) is 78.4 Å². The molecule has 1 aromatic rings. The van der Waals surface area contributed by atoms with Crippen LogP contribution in [0.1, 0.15) is 62.5 Å². The average molecular weight is 692 g/mol. The van der Waals surface area contributed by atoms with Gasteiger partial charge >= 0.3 is 0 Å². The number of hydrogen-bond acceptors (Lipinski definition) is 6. The molecule has 1 heterocycles. The summed E-state index contributed by atoms with van der Waals surface area (Å²) in [5, 5.41) is 25.6. The van der Waals surface area contributed by atoms with Gasteiger partial charge in [-0.25, -0.2) is 0 Å². The molecule has 1 radical (unpaired) electrons. The summed E-state index contributed by atoms with van der Waals surface area (Å²) in [6.07, 6.45) is 6.41. The number of aryl methyl sites for hydroxylation is 1. The molecule has 2 N–H and O–H groups in total. The maximum Gasteiger partial charge on any atom is 0.0260 e. The molecule has 2 saturated carbocycles. The normalized spacial score (nSPS) is 37.3. The number of benzene rings is 1. The third-order valence-electron chi connectivity index (χ3n) is 8.31. The molecule has 191 valence electrons. The van der Waals surface area contributed by atoms with Gasteiger partial charge in [0.15, 0.2) is 0 Å². The molecule has 1 aromatic carbocycles. The third-order valence-corrected chi connectivity index (χ3v) is 9.62. The van der Waals surface area contributed by atoms with Crippen LogP contribution in [0.5, 0.6) is 5.75 Å². The van der Waals surface area contributed by atoms with E-state index in [4.69, 9.17) is 42.6 Å². The maximum absolute atomic E-state index is 13.6. The topological polar surface area (TPSA) is 86.9 Å². The molecule has 0 amide bonds. The Morgan fingerprint density at radius 3 is 2.44 bits per heavy atom. The maximum atomic E-state index is 13.6. The second-order valence-corrected chi connectivity index (χ2v) is 11.6. The predicted octanol–water partition coefficient (Wildman–Crippen LogP) is 1.68. The van der Waals surface area contributed by atoms with Gasteiger partial charge in [-0.2, -0.15) is 16.3 Å². The summed E-state index contributed by atoms with van der Waals surface area (Å²) in [6.45, 7) is 3.57. The van der Waals surface area contributed by atoms with Crippen molar-refractivity contribution >= 4 is 37.9 Å². The molecule has 0 bridgehead atoms. The molecule has 5 rings (SSSR count). The fourth-order valence-corrected chi connectivity index (χ4v) is 6.99. The first-order chi connectivity index (χ1) is 15.3. The van der Waals surface area contributed by atoms with E-state index in [2.05, 4.69) is 24.8 Å². The molecule has 5 unspecified atom stereocenters. The Bertz CT molecular complexity index is 883. The first kappa shape index (κ1) is 30.4. The molecule has 4 aliphatic rings. The minimum absolute atomic E-state index is 0. The Kier molecular flexibility index (Phi) is 11.3. The van der Waals surface area contributed by atoms with Crippen molar-refractivity contribution in [3.05, 3.63) is 29.3 Å². The van der Waals surface area contributed by atoms with Crippen molar-refractivity contribution in [3.63, 3.8) is 0 Å². The zero-order valence-corrected chi connectivity index (χ0v) is 24.7. The monoisotopic (exact) mass is 692 g/mol. The molecule has 34 heavy (non-hydrogen) atoms. The van der Waals surface area contributed by atoms with Gasteiger partial charge in [-0.15, -0.1) is 17.6 Å². The van der Waals surface area contributed by atoms with Gasteiger partial charge < -0.3 is 58.3 Å². The molecule has 8 heteroatoms. The second-order valence-electron chi connectivity index (χ2n) is 9.97. The Morgan fingerprint density at radius 1 is 1.12 bits per heavy atom. The van der Waals surface area contributed by atoms with Crippen LogP contribution in [0.3, 0.4) is 0 Å². The molecule has 1 aliphatic heterocycles. The zero-order valence-electron chi connectivity index (χ0n) is 19.5. The van der Waals surface area contributed by atoms with Crippen LogP contribution in [0.2, 0.25) is 0 Å². The van der Waals surface area contributed by atoms with Gasteiger partial charge in [0.05, 0.1) is 0 Å². The minimum atomic E-state index is -1.10. The van der Waals surface area contributed by atoms with Crippen molar-refractivity contribution in [1.82, 2.24) is 0 Å². The quantitative estimate of drug-likeness (QED) is 0.329. The van der Waals surface area contributed by atoms with E-state index < -0.39 is 5.60 Å². The zero-order chi connectivity index (χ0) is 22.9. The summed E-state index contributed by atoms with van der Waals surface area (Å²) < 4.78 is 4.96. The van der Waals surface area contributed by atoms with E-state index in [1.54, 1.807) is 6.07 Å². The van der Waals surface area contributed by atoms with Gasteiger partial charge in [0.2, 0.25) is 0 Å². The second kappa shape index (κ2) is 12.6. The number of fused-ring (bicyclic) bond motifs is 5. The molecule has 1 saturated heterocycles. The van der Waals surface area contributed by atoms with Crippen LogP contribution in [-0.2, 0) is 69.5 Å². The van der Waals surface area contributed by atoms with E-state index in [1.165, 1.54) is 11.1 Å². The first-order valence-electron chi connectivity index (χ1n) is 11.8. The van der Waals surface area contributed by atoms with Crippen LogP contribution in [0.25, 0.3) is 0 Å². The van der Waals surface area contributed by atoms with Crippen molar-refractivity contribution in [1.29, 1.82) is 0 Å². The van der Waals surface area contributed by atoms with Crippen molar-refractivity contribution in [3.8, 4) is 17.6 Å². The molecule has 0 aromatic heterocycles. The Hall–Kier alpha value is 0.172. The fraction of sp³-hybridized carbons (Fsp3) is 0.692. The van der Waals surface area contributed by atoms with Crippen LogP contribution in [-0.4, -0.2) is 40.5 Å². The standard InChI is InChI=1S/C22H27O2S.C4H8OS2.H2O.Re/c1-21-11-8-18-17-7-5-16(23)14-15(17)4-6-19(18)20(21)9-12-22(21,24)10-2-3-13-25;6-3-1-5-2-4(3)7;;/h5,7,14,18-20,23,25H,3-4,6,8-9,11-13H2,1H3;3-4,6-7H,1-2H2;1H2;/q-1;;;/p-4/t18?,19?,20?,21-,22-;;;/m0.../s1. The summed E-state index contributed by atoms with van der Waals surface area (Å²) >= 11 is 14.8. The average Bonchev–Trinajstić information content (AvgIpc) is 3.27. The molecule has 4 nitrogen and oxygen atoms in total. The van der Waals surface area contributed by atoms with E-state index in [-0.39, 0.29) is 47.6 Å². The van der Waals surface area contributed by atoms with Gasteiger partial charge in [-0.3, -0.25) is 0 Å². The molecule has 3 fully saturated rings. The van der Waals surface area contributed by atoms with E-state index >= 15 is 0 Å². The molecule has 7 atom stereocenters. The van der Waals surface area contributed by atoms with Crippen LogP contribution in [0.4, 0.5) is 0 Å². The van der Waals surface area contributed by atoms with E-state index in [0.29, 0.717) is 49.6 Å². The number of rotatable bonds is 1. The SMILES string of the molecule is C[C@]12CCC3c4ccc([O-])cc4CCC3C1CC[C@@]2([O-])C#CCC[S-].O.[Re].[S-]C1COCC1[S-]. The Labute approximate surface area is 234 Å². The summed E-state index contributed by atoms with van der Waals surface area (Å²) in [7, 11) is 0. The molecular weight excluding hydrogens is 659 g/mol. The minimum Gasteiger partial charge on any atom is -0.872 e. The molecular formula is C26H33O4ReS3-5. The summed E-state index contributed by atoms with van der Waals surface area (Å²) in [5.74, 6) is 8.45. The fourth-order valence-electron chi connectivity index (χ4n) is 6.53. The van der Waals surface area contributed by atoms with Crippen molar-refractivity contribution in [2.24, 2.45) is 17.3 Å². The van der Waals surface area contributed by atoms with Crippen LogP contribution >= 0.6 is 0 Å². The molecule has 3 aliphatic carbocycles. The molecule has 0 spiro atoms. The van der Waals surface area contributed by atoms with Crippen molar-refractivity contribution < 1.29 is 40.8 Å². The number of ether oxygens (including phenoxy) is 1. The third kappa shape index (κ3) is 5.84. The van der Waals surface area contributed by atoms with Crippen LogP contribution in [0, 0.1) is 29.1 Å². The predicted molar refractivity (Wildman–Crippen MR) is 135 cm³/mol.